The third-order valence-electron chi connectivity index (χ3n) is 2.70. The second-order valence-corrected chi connectivity index (χ2v) is 5.13. The number of rotatable bonds is 2. The average Bonchev–Trinajstić information content (AvgIpc) is 2.57. The fraction of sp³-hybridized carbons (Fsp3) is 0.545. The smallest absolute Gasteiger partial charge is 0.334 e. The number of hydrogen-bond acceptors (Lipinski definition) is 4. The Bertz CT molecular complexity index is 325. The zero-order valence-corrected chi connectivity index (χ0v) is 9.50. The van der Waals surface area contributed by atoms with Crippen molar-refractivity contribution in [3.05, 3.63) is 23.8 Å². The highest BCUT2D eigenvalue weighted by molar-refractivity contribution is 8.00. The summed E-state index contributed by atoms with van der Waals surface area (Å²) in [6.07, 6.45) is 6.77. The molecule has 1 fully saturated rings. The highest BCUT2D eigenvalue weighted by Gasteiger charge is 2.37. The fourth-order valence-corrected chi connectivity index (χ4v) is 3.40. The van der Waals surface area contributed by atoms with Crippen molar-refractivity contribution in [1.82, 2.24) is 0 Å². The molecule has 15 heavy (non-hydrogen) atoms. The zero-order valence-electron chi connectivity index (χ0n) is 8.68. The molecule has 0 bridgehead atoms. The highest BCUT2D eigenvalue weighted by atomic mass is 32.2. The number of carbonyl (C=O) groups is 1. The van der Waals surface area contributed by atoms with Crippen LogP contribution in [0.4, 0.5) is 0 Å². The van der Waals surface area contributed by atoms with Gasteiger partial charge in [-0.15, -0.1) is 11.8 Å². The van der Waals surface area contributed by atoms with E-state index in [4.69, 9.17) is 10.5 Å². The van der Waals surface area contributed by atoms with Crippen LogP contribution >= 0.6 is 11.8 Å². The molecule has 0 aromatic carbocycles. The molecular formula is C11H15NO2S. The maximum atomic E-state index is 11.7. The minimum atomic E-state index is -0.188. The van der Waals surface area contributed by atoms with Crippen molar-refractivity contribution in [1.29, 1.82) is 0 Å². The molecule has 3 unspecified atom stereocenters. The number of carbonyl (C=O) groups excluding carboxylic acids is 1. The van der Waals surface area contributed by atoms with E-state index >= 15 is 0 Å². The molecule has 0 radical (unpaired) electrons. The topological polar surface area (TPSA) is 52.3 Å². The molecule has 2 aliphatic rings. The Labute approximate surface area is 93.7 Å². The molecule has 1 aliphatic carbocycles. The van der Waals surface area contributed by atoms with Crippen LogP contribution < -0.4 is 5.73 Å². The van der Waals surface area contributed by atoms with E-state index in [1.54, 1.807) is 11.8 Å². The molecule has 1 heterocycles. The van der Waals surface area contributed by atoms with Gasteiger partial charge in [0.05, 0.1) is 12.0 Å². The largest absolute Gasteiger partial charge is 0.463 e. The number of allylic oxidation sites excluding steroid dienone is 2. The highest BCUT2D eigenvalue weighted by Crippen LogP contribution is 2.42. The summed E-state index contributed by atoms with van der Waals surface area (Å²) in [4.78, 5) is 11.7. The van der Waals surface area contributed by atoms with E-state index in [0.29, 0.717) is 11.9 Å². The summed E-state index contributed by atoms with van der Waals surface area (Å²) in [5.41, 5.74) is 6.66. The molecule has 3 nitrogen and oxygen atoms in total. The molecule has 0 amide bonds. The van der Waals surface area contributed by atoms with Crippen LogP contribution in [-0.4, -0.2) is 23.2 Å². The van der Waals surface area contributed by atoms with Crippen molar-refractivity contribution < 1.29 is 9.53 Å². The van der Waals surface area contributed by atoms with Gasteiger partial charge in [-0.2, -0.15) is 0 Å². The van der Waals surface area contributed by atoms with Gasteiger partial charge in [0, 0.05) is 16.7 Å². The second kappa shape index (κ2) is 4.41. The first-order valence-corrected chi connectivity index (χ1v) is 6.13. The SMILES string of the molecule is CCOC(=O)C1=CC=CC2SC(N)CC12. The summed E-state index contributed by atoms with van der Waals surface area (Å²) in [7, 11) is 0. The van der Waals surface area contributed by atoms with Gasteiger partial charge in [-0.25, -0.2) is 4.79 Å². The number of esters is 1. The number of ether oxygens (including phenoxy) is 1. The lowest BCUT2D eigenvalue weighted by Gasteiger charge is -2.20. The van der Waals surface area contributed by atoms with Gasteiger partial charge in [-0.1, -0.05) is 18.2 Å². The van der Waals surface area contributed by atoms with Crippen LogP contribution in [0.5, 0.6) is 0 Å². The van der Waals surface area contributed by atoms with E-state index in [1.807, 2.05) is 19.1 Å². The van der Waals surface area contributed by atoms with E-state index in [1.165, 1.54) is 0 Å². The summed E-state index contributed by atoms with van der Waals surface area (Å²) in [5, 5.41) is 0.491. The van der Waals surface area contributed by atoms with Gasteiger partial charge in [0.2, 0.25) is 0 Å². The van der Waals surface area contributed by atoms with Crippen molar-refractivity contribution in [2.24, 2.45) is 11.7 Å². The van der Waals surface area contributed by atoms with Crippen molar-refractivity contribution in [2.45, 2.75) is 24.0 Å². The molecule has 2 rings (SSSR count). The minimum Gasteiger partial charge on any atom is -0.463 e. The van der Waals surface area contributed by atoms with Crippen molar-refractivity contribution in [3.8, 4) is 0 Å². The number of hydrogen-bond donors (Lipinski definition) is 1. The summed E-state index contributed by atoms with van der Waals surface area (Å²) in [6, 6.07) is 0. The van der Waals surface area contributed by atoms with Crippen LogP contribution in [-0.2, 0) is 9.53 Å². The maximum absolute atomic E-state index is 11.7. The quantitative estimate of drug-likeness (QED) is 0.723. The summed E-state index contributed by atoms with van der Waals surface area (Å²) >= 11 is 1.73. The Morgan fingerprint density at radius 1 is 1.73 bits per heavy atom. The van der Waals surface area contributed by atoms with E-state index in [0.717, 1.165) is 12.0 Å². The summed E-state index contributed by atoms with van der Waals surface area (Å²) < 4.78 is 5.03. The van der Waals surface area contributed by atoms with Crippen molar-refractivity contribution >= 4 is 17.7 Å². The van der Waals surface area contributed by atoms with E-state index in [9.17, 15) is 4.79 Å². The van der Waals surface area contributed by atoms with Crippen molar-refractivity contribution in [2.75, 3.05) is 6.61 Å². The third-order valence-corrected chi connectivity index (χ3v) is 4.04. The first kappa shape index (κ1) is 10.8. The normalized spacial score (nSPS) is 33.5. The zero-order chi connectivity index (χ0) is 10.8. The first-order valence-electron chi connectivity index (χ1n) is 5.19. The van der Waals surface area contributed by atoms with Crippen LogP contribution in [0, 0.1) is 5.92 Å². The molecular weight excluding hydrogens is 210 g/mol. The molecule has 0 spiro atoms. The van der Waals surface area contributed by atoms with Gasteiger partial charge >= 0.3 is 5.97 Å². The molecule has 1 aliphatic heterocycles. The summed E-state index contributed by atoms with van der Waals surface area (Å²) in [5.74, 6) is 0.0561. The van der Waals surface area contributed by atoms with Gasteiger partial charge in [0.1, 0.15) is 0 Å². The Hall–Kier alpha value is -0.740. The van der Waals surface area contributed by atoms with Gasteiger partial charge in [-0.3, -0.25) is 0 Å². The van der Waals surface area contributed by atoms with Crippen LogP contribution in [0.25, 0.3) is 0 Å². The standard InChI is InChI=1S/C11H15NO2S/c1-2-14-11(13)7-4-3-5-9-8(7)6-10(12)15-9/h3-5,8-10H,2,6,12H2,1H3. The molecule has 3 atom stereocenters. The monoisotopic (exact) mass is 225 g/mol. The molecule has 0 aromatic heterocycles. The fourth-order valence-electron chi connectivity index (χ4n) is 2.05. The molecule has 4 heteroatoms. The van der Waals surface area contributed by atoms with Gasteiger partial charge in [0.25, 0.3) is 0 Å². The Morgan fingerprint density at radius 3 is 3.27 bits per heavy atom. The maximum Gasteiger partial charge on any atom is 0.334 e. The van der Waals surface area contributed by atoms with Crippen molar-refractivity contribution in [3.63, 3.8) is 0 Å². The minimum absolute atomic E-state index is 0.139. The second-order valence-electron chi connectivity index (χ2n) is 3.71. The molecule has 0 saturated carbocycles. The van der Waals surface area contributed by atoms with E-state index in [2.05, 4.69) is 6.08 Å². The molecule has 82 valence electrons. The Kier molecular flexibility index (Phi) is 3.17. The van der Waals surface area contributed by atoms with Gasteiger partial charge < -0.3 is 10.5 Å². The average molecular weight is 225 g/mol. The Morgan fingerprint density at radius 2 is 2.53 bits per heavy atom. The first-order chi connectivity index (χ1) is 7.22. The van der Waals surface area contributed by atoms with E-state index in [-0.39, 0.29) is 17.3 Å². The van der Waals surface area contributed by atoms with Crippen LogP contribution in [0.15, 0.2) is 23.8 Å². The lowest BCUT2D eigenvalue weighted by molar-refractivity contribution is -0.139. The van der Waals surface area contributed by atoms with Crippen LogP contribution in [0.1, 0.15) is 13.3 Å². The number of nitrogens with two attached hydrogens (primary N) is 1. The predicted molar refractivity (Wildman–Crippen MR) is 61.3 cm³/mol. The lowest BCUT2D eigenvalue weighted by Crippen LogP contribution is -2.22. The van der Waals surface area contributed by atoms with Gasteiger partial charge in [-0.05, 0) is 13.3 Å². The number of thioether (sulfide) groups is 1. The molecule has 0 aromatic rings. The summed E-state index contributed by atoms with van der Waals surface area (Å²) in [6.45, 7) is 2.25. The number of fused-ring (bicyclic) bond motifs is 1. The predicted octanol–water partition coefficient (Wildman–Crippen LogP) is 1.45. The van der Waals surface area contributed by atoms with E-state index < -0.39 is 0 Å². The molecule has 1 saturated heterocycles. The Balaban J connectivity index is 2.14. The van der Waals surface area contributed by atoms with Crippen LogP contribution in [0.2, 0.25) is 0 Å². The van der Waals surface area contributed by atoms with Crippen LogP contribution in [0.3, 0.4) is 0 Å². The van der Waals surface area contributed by atoms with Gasteiger partial charge in [0.15, 0.2) is 0 Å². The third kappa shape index (κ3) is 2.11. The lowest BCUT2D eigenvalue weighted by atomic mass is 9.88. The molecule has 2 N–H and O–H groups in total.